The lowest BCUT2D eigenvalue weighted by Gasteiger charge is -2.13. The first-order chi connectivity index (χ1) is 57.4. The van der Waals surface area contributed by atoms with Crippen LogP contribution in [0.3, 0.4) is 0 Å². The van der Waals surface area contributed by atoms with Crippen LogP contribution >= 0.6 is 0 Å². The molecule has 0 fully saturated rings. The van der Waals surface area contributed by atoms with Gasteiger partial charge in [0.2, 0.25) is 0 Å². The highest BCUT2D eigenvalue weighted by Gasteiger charge is 2.30. The average molecular weight is 1540 g/mol. The summed E-state index contributed by atoms with van der Waals surface area (Å²) in [6.45, 7) is 22.3. The zero-order valence-electron chi connectivity index (χ0n) is 72.0. The molecule has 0 radical (unpaired) electrons. The van der Waals surface area contributed by atoms with E-state index in [0.29, 0.717) is 0 Å². The third kappa shape index (κ3) is 22.4. The molecule has 3 heteroatoms. The molecule has 13 aromatic rings. The van der Waals surface area contributed by atoms with Crippen LogP contribution in [0, 0.1) is 113 Å². The Hall–Kier alpha value is -11.0. The number of hydrogen-bond donors (Lipinski definition) is 0. The fourth-order valence-corrected chi connectivity index (χ4v) is 16.9. The van der Waals surface area contributed by atoms with Crippen LogP contribution in [0.4, 0.5) is 0 Å². The minimum absolute atomic E-state index is 0.831. The van der Waals surface area contributed by atoms with E-state index < -0.39 is 0 Å². The van der Waals surface area contributed by atoms with Crippen LogP contribution in [0.1, 0.15) is 314 Å². The van der Waals surface area contributed by atoms with Crippen LogP contribution in [0.5, 0.6) is 0 Å². The van der Waals surface area contributed by atoms with Gasteiger partial charge in [-0.1, -0.05) is 371 Å². The summed E-state index contributed by atoms with van der Waals surface area (Å²) in [4.78, 5) is 0. The van der Waals surface area contributed by atoms with Crippen molar-refractivity contribution in [3.05, 3.63) is 282 Å². The molecular formula is C114H123N3. The molecule has 0 saturated heterocycles. The fourth-order valence-electron chi connectivity index (χ4n) is 16.9. The van der Waals surface area contributed by atoms with Crippen LogP contribution < -0.4 is 0 Å². The molecule has 0 amide bonds. The van der Waals surface area contributed by atoms with Crippen molar-refractivity contribution in [2.24, 2.45) is 0 Å². The number of rotatable bonds is 33. The minimum Gasteiger partial charge on any atom is -0.340 e. The monoisotopic (exact) mass is 1530 g/mol. The van der Waals surface area contributed by atoms with Crippen LogP contribution in [0.15, 0.2) is 182 Å². The molecule has 117 heavy (non-hydrogen) atoms. The molecule has 3 aromatic heterocycles. The highest BCUT2D eigenvalue weighted by Crippen LogP contribution is 2.50. The predicted octanol–water partition coefficient (Wildman–Crippen LogP) is 30.0. The molecule has 0 bridgehead atoms. The van der Waals surface area contributed by atoms with Gasteiger partial charge in [0.05, 0.1) is 33.1 Å². The van der Waals surface area contributed by atoms with E-state index in [2.05, 4.69) is 329 Å². The SMILES string of the molecule is CCCCCCCCCCCCn1c2cc(C#Cc3ccc(C)cc3)c(C#Cc3ccc(C)cc3)cc2c2c1c1c3cc(C#Cc4ccc(C)cc4)c(C#Cc4ccc(C)cc4)cc3n(CCCCCCCCCCCC)c1c1c3cc(C#Cc4ccc(C)cc4)c(C#Cc4ccc(C)cc4)cc3n(CCCCCCCCCCCC)c21. The summed E-state index contributed by atoms with van der Waals surface area (Å²) < 4.78 is 8.33. The lowest BCUT2D eigenvalue weighted by atomic mass is 9.97. The normalized spacial score (nSPS) is 11.2. The summed E-state index contributed by atoms with van der Waals surface area (Å²) >= 11 is 0. The number of hydrogen-bond acceptors (Lipinski definition) is 0. The second-order valence-corrected chi connectivity index (χ2v) is 33.6. The maximum absolute atomic E-state index is 3.85. The maximum atomic E-state index is 3.85. The van der Waals surface area contributed by atoms with E-state index in [1.165, 1.54) is 253 Å². The molecule has 13 rings (SSSR count). The number of nitrogens with zero attached hydrogens (tertiary/aromatic N) is 3. The van der Waals surface area contributed by atoms with Gasteiger partial charge in [-0.2, -0.15) is 0 Å². The molecular weight excluding hydrogens is 1410 g/mol. The number of unbranched alkanes of at least 4 members (excludes halogenated alkanes) is 27. The van der Waals surface area contributed by atoms with Gasteiger partial charge in [-0.3, -0.25) is 0 Å². The largest absolute Gasteiger partial charge is 0.340 e. The van der Waals surface area contributed by atoms with Gasteiger partial charge in [0.25, 0.3) is 0 Å². The number of aryl methyl sites for hydroxylation is 9. The van der Waals surface area contributed by atoms with Gasteiger partial charge in [0.15, 0.2) is 0 Å². The molecule has 0 aliphatic carbocycles. The van der Waals surface area contributed by atoms with Crippen molar-refractivity contribution < 1.29 is 0 Å². The molecule has 0 unspecified atom stereocenters. The minimum atomic E-state index is 0.831. The summed E-state index contributed by atoms with van der Waals surface area (Å²) in [6.07, 6.45) is 37.6. The number of benzene rings is 10. The van der Waals surface area contributed by atoms with E-state index in [1.807, 2.05) is 0 Å². The van der Waals surface area contributed by atoms with Crippen molar-refractivity contribution in [1.29, 1.82) is 0 Å². The van der Waals surface area contributed by atoms with E-state index >= 15 is 0 Å². The molecule has 0 N–H and O–H groups in total. The van der Waals surface area contributed by atoms with Crippen LogP contribution in [0.2, 0.25) is 0 Å². The van der Waals surface area contributed by atoms with Gasteiger partial charge < -0.3 is 13.7 Å². The third-order valence-electron chi connectivity index (χ3n) is 23.9. The van der Waals surface area contributed by atoms with Crippen LogP contribution in [0.25, 0.3) is 65.4 Å². The molecule has 3 heterocycles. The maximum Gasteiger partial charge on any atom is 0.0614 e. The lowest BCUT2D eigenvalue weighted by molar-refractivity contribution is 0.541. The molecule has 0 aliphatic rings. The Kier molecular flexibility index (Phi) is 30.6. The highest BCUT2D eigenvalue weighted by atomic mass is 15.0. The smallest absolute Gasteiger partial charge is 0.0614 e. The Balaban J connectivity index is 1.18. The van der Waals surface area contributed by atoms with Crippen molar-refractivity contribution in [2.45, 2.75) is 275 Å². The van der Waals surface area contributed by atoms with E-state index in [0.717, 1.165) is 125 Å². The zero-order chi connectivity index (χ0) is 81.1. The molecule has 0 spiro atoms. The average Bonchev–Trinajstić information content (AvgIpc) is 1.51. The molecule has 3 nitrogen and oxygen atoms in total. The van der Waals surface area contributed by atoms with Gasteiger partial charge in [0.1, 0.15) is 0 Å². The van der Waals surface area contributed by atoms with Gasteiger partial charge in [-0.25, -0.2) is 0 Å². The Morgan fingerprint density at radius 2 is 0.350 bits per heavy atom. The first-order valence-electron chi connectivity index (χ1n) is 45.1. The quantitative estimate of drug-likeness (QED) is 0.0288. The summed E-state index contributed by atoms with van der Waals surface area (Å²) in [6, 6.07) is 66.7. The molecule has 0 saturated carbocycles. The van der Waals surface area contributed by atoms with Gasteiger partial charge in [0, 0.05) is 119 Å². The van der Waals surface area contributed by atoms with Crippen molar-refractivity contribution in [2.75, 3.05) is 0 Å². The summed E-state index contributed by atoms with van der Waals surface area (Å²) in [7, 11) is 0. The van der Waals surface area contributed by atoms with Gasteiger partial charge in [-0.05, 0) is 170 Å². The first kappa shape index (κ1) is 83.9. The molecule has 0 aliphatic heterocycles. The number of fused-ring (bicyclic) bond motifs is 12. The summed E-state index contributed by atoms with van der Waals surface area (Å²) in [5, 5.41) is 7.35. The zero-order valence-corrected chi connectivity index (χ0v) is 72.0. The molecule has 594 valence electrons. The van der Waals surface area contributed by atoms with E-state index in [4.69, 9.17) is 0 Å². The number of aromatic nitrogens is 3. The van der Waals surface area contributed by atoms with Crippen LogP contribution in [-0.2, 0) is 19.6 Å². The standard InChI is InChI=1S/C114H123N3/c1-10-13-16-19-22-25-28-31-34-37-76-115-106-82-100(73-67-94-58-46-88(7)47-59-94)97(70-64-91-52-40-85(4)41-53-91)79-103(106)109-112(115)110-104-80-98(71-65-92-54-42-86(5)43-55-92)101(74-68-95-60-48-89(8)49-61-95)83-107(104)116(77-38-35-32-29-26-23-20-17-14-11-2)114(110)111-105-81-99(72-66-93-56-44-87(6)45-57-93)102(75-69-96-62-50-90(9)51-63-96)84-108(105)117(113(109)111)78-39-36-33-30-27-24-21-18-15-12-3/h40-63,79-84H,10-39,76-78H2,1-9H3. The Labute approximate surface area is 702 Å². The van der Waals surface area contributed by atoms with Crippen LogP contribution in [-0.4, -0.2) is 13.7 Å². The van der Waals surface area contributed by atoms with E-state index in [1.54, 1.807) is 0 Å². The van der Waals surface area contributed by atoms with Crippen molar-refractivity contribution >= 4 is 65.4 Å². The third-order valence-corrected chi connectivity index (χ3v) is 23.9. The Morgan fingerprint density at radius 1 is 0.188 bits per heavy atom. The molecule has 0 atom stereocenters. The first-order valence-corrected chi connectivity index (χ1v) is 45.1. The second-order valence-electron chi connectivity index (χ2n) is 33.6. The molecule has 10 aromatic carbocycles. The second kappa shape index (κ2) is 42.7. The fraction of sp³-hybridized carbons (Fsp3) is 0.368. The highest BCUT2D eigenvalue weighted by molar-refractivity contribution is 6.40. The summed E-state index contributed by atoms with van der Waals surface area (Å²) in [5.41, 5.74) is 26.0. The van der Waals surface area contributed by atoms with Crippen molar-refractivity contribution in [1.82, 2.24) is 13.7 Å². The van der Waals surface area contributed by atoms with E-state index in [-0.39, 0.29) is 0 Å². The Morgan fingerprint density at radius 3 is 0.530 bits per heavy atom. The van der Waals surface area contributed by atoms with Crippen molar-refractivity contribution in [3.63, 3.8) is 0 Å². The topological polar surface area (TPSA) is 14.8 Å². The van der Waals surface area contributed by atoms with Gasteiger partial charge >= 0.3 is 0 Å². The van der Waals surface area contributed by atoms with Gasteiger partial charge in [-0.15, -0.1) is 0 Å². The summed E-state index contributed by atoms with van der Waals surface area (Å²) in [5.74, 6) is 45.2. The van der Waals surface area contributed by atoms with Crippen molar-refractivity contribution in [3.8, 4) is 71.0 Å². The Bertz CT molecular complexity index is 5330. The van der Waals surface area contributed by atoms with E-state index in [9.17, 15) is 0 Å². The lowest BCUT2D eigenvalue weighted by Crippen LogP contribution is -2.02. The predicted molar refractivity (Wildman–Crippen MR) is 504 cm³/mol.